The van der Waals surface area contributed by atoms with Gasteiger partial charge in [0.2, 0.25) is 0 Å². The molecule has 34 heavy (non-hydrogen) atoms. The van der Waals surface area contributed by atoms with Crippen LogP contribution in [0, 0.1) is 0 Å². The summed E-state index contributed by atoms with van der Waals surface area (Å²) in [6.45, 7) is 5.31. The molecule has 1 aliphatic heterocycles. The van der Waals surface area contributed by atoms with Crippen molar-refractivity contribution in [1.29, 1.82) is 0 Å². The summed E-state index contributed by atoms with van der Waals surface area (Å²) in [6.07, 6.45) is 2.64. The Morgan fingerprint density at radius 3 is 2.59 bits per heavy atom. The molecule has 180 valence electrons. The van der Waals surface area contributed by atoms with E-state index < -0.39 is 0 Å². The summed E-state index contributed by atoms with van der Waals surface area (Å²) in [7, 11) is 0. The number of ether oxygens (including phenoxy) is 3. The van der Waals surface area contributed by atoms with Crippen LogP contribution in [0.4, 0.5) is 0 Å². The van der Waals surface area contributed by atoms with Crippen molar-refractivity contribution >= 4 is 62.2 Å². The molecule has 6 nitrogen and oxygen atoms in total. The summed E-state index contributed by atoms with van der Waals surface area (Å²) < 4.78 is 18.3. The number of esters is 1. The van der Waals surface area contributed by atoms with E-state index in [1.54, 1.807) is 6.08 Å². The van der Waals surface area contributed by atoms with Gasteiger partial charge in [0, 0.05) is 11.0 Å². The summed E-state index contributed by atoms with van der Waals surface area (Å²) in [5.74, 6) is 0.675. The van der Waals surface area contributed by atoms with E-state index in [-0.39, 0.29) is 24.8 Å². The Hall–Kier alpha value is -2.36. The fourth-order valence-corrected chi connectivity index (χ4v) is 4.65. The molecule has 1 heterocycles. The van der Waals surface area contributed by atoms with E-state index in [0.29, 0.717) is 40.5 Å². The lowest BCUT2D eigenvalue weighted by atomic mass is 10.1. The average Bonchev–Trinajstić information content (AvgIpc) is 3.09. The van der Waals surface area contributed by atoms with Gasteiger partial charge in [-0.1, -0.05) is 65.0 Å². The first kappa shape index (κ1) is 26.2. The van der Waals surface area contributed by atoms with Crippen molar-refractivity contribution in [2.24, 2.45) is 0 Å². The van der Waals surface area contributed by atoms with Crippen molar-refractivity contribution in [1.82, 2.24) is 4.90 Å². The molecule has 0 atom stereocenters. The van der Waals surface area contributed by atoms with E-state index in [1.165, 1.54) is 16.7 Å². The Balaban J connectivity index is 1.68. The van der Waals surface area contributed by atoms with Gasteiger partial charge in [-0.2, -0.15) is 0 Å². The van der Waals surface area contributed by atoms with Crippen LogP contribution in [0.15, 0.2) is 51.8 Å². The van der Waals surface area contributed by atoms with Crippen LogP contribution in [0.2, 0.25) is 0 Å². The minimum Gasteiger partial charge on any atom is -0.490 e. The van der Waals surface area contributed by atoms with Crippen molar-refractivity contribution in [2.45, 2.75) is 33.3 Å². The maximum absolute atomic E-state index is 12.8. The number of carbonyl (C=O) groups excluding carboxylic acids is 2. The zero-order valence-corrected chi connectivity index (χ0v) is 22.3. The third kappa shape index (κ3) is 7.32. The number of hydrogen-bond donors (Lipinski definition) is 0. The number of carbonyl (C=O) groups is 2. The molecular weight excluding hydrogens is 538 g/mol. The highest BCUT2D eigenvalue weighted by atomic mass is 79.9. The molecule has 1 saturated heterocycles. The van der Waals surface area contributed by atoms with E-state index >= 15 is 0 Å². The number of thioether (sulfide) groups is 1. The number of amides is 1. The molecule has 1 fully saturated rings. The van der Waals surface area contributed by atoms with Crippen LogP contribution < -0.4 is 9.47 Å². The van der Waals surface area contributed by atoms with Gasteiger partial charge in [-0.3, -0.25) is 14.5 Å². The monoisotopic (exact) mass is 563 g/mol. The summed E-state index contributed by atoms with van der Waals surface area (Å²) in [4.78, 5) is 26.6. The van der Waals surface area contributed by atoms with Gasteiger partial charge >= 0.3 is 5.97 Å². The van der Waals surface area contributed by atoms with E-state index in [2.05, 4.69) is 15.9 Å². The predicted molar refractivity (Wildman–Crippen MR) is 142 cm³/mol. The van der Waals surface area contributed by atoms with Gasteiger partial charge in [0.1, 0.15) is 10.9 Å². The fourth-order valence-electron chi connectivity index (χ4n) is 3.08. The first-order chi connectivity index (χ1) is 16.4. The number of halogens is 1. The van der Waals surface area contributed by atoms with Crippen molar-refractivity contribution in [3.63, 3.8) is 0 Å². The largest absolute Gasteiger partial charge is 0.490 e. The van der Waals surface area contributed by atoms with Crippen LogP contribution in [0.3, 0.4) is 0 Å². The summed E-state index contributed by atoms with van der Waals surface area (Å²) in [5, 5.41) is 0. The minimum atomic E-state index is -0.333. The Bertz CT molecular complexity index is 1070. The minimum absolute atomic E-state index is 0.110. The Morgan fingerprint density at radius 1 is 1.12 bits per heavy atom. The second kappa shape index (κ2) is 12.9. The van der Waals surface area contributed by atoms with Gasteiger partial charge in [0.05, 0.1) is 24.5 Å². The molecule has 0 unspecified atom stereocenters. The van der Waals surface area contributed by atoms with Gasteiger partial charge in [-0.15, -0.1) is 0 Å². The number of benzene rings is 2. The molecule has 1 amide bonds. The van der Waals surface area contributed by atoms with Crippen LogP contribution in [-0.4, -0.2) is 40.9 Å². The van der Waals surface area contributed by atoms with Gasteiger partial charge in [-0.05, 0) is 54.8 Å². The topological polar surface area (TPSA) is 65.1 Å². The van der Waals surface area contributed by atoms with Gasteiger partial charge in [0.15, 0.2) is 11.5 Å². The molecule has 3 rings (SSSR count). The van der Waals surface area contributed by atoms with E-state index in [0.717, 1.165) is 22.0 Å². The Kier molecular flexibility index (Phi) is 9.98. The molecule has 0 aromatic heterocycles. The zero-order valence-electron chi connectivity index (χ0n) is 19.0. The van der Waals surface area contributed by atoms with Crippen molar-refractivity contribution in [3.8, 4) is 11.5 Å². The van der Waals surface area contributed by atoms with Crippen molar-refractivity contribution in [2.75, 3.05) is 19.8 Å². The van der Waals surface area contributed by atoms with Crippen LogP contribution in [-0.2, 0) is 20.9 Å². The summed E-state index contributed by atoms with van der Waals surface area (Å²) >= 11 is 10.0. The normalized spacial score (nSPS) is 14.6. The zero-order chi connectivity index (χ0) is 24.5. The summed E-state index contributed by atoms with van der Waals surface area (Å²) in [5.41, 5.74) is 1.83. The third-order valence-corrected chi connectivity index (χ3v) is 6.66. The second-order valence-electron chi connectivity index (χ2n) is 7.36. The van der Waals surface area contributed by atoms with E-state index in [4.69, 9.17) is 26.4 Å². The second-order valence-corrected chi connectivity index (χ2v) is 9.95. The van der Waals surface area contributed by atoms with Gasteiger partial charge in [-0.25, -0.2) is 0 Å². The van der Waals surface area contributed by atoms with E-state index in [9.17, 15) is 9.59 Å². The van der Waals surface area contributed by atoms with Crippen LogP contribution in [0.25, 0.3) is 6.08 Å². The molecule has 0 bridgehead atoms. The maximum atomic E-state index is 12.8. The average molecular weight is 565 g/mol. The Morgan fingerprint density at radius 2 is 1.88 bits per heavy atom. The van der Waals surface area contributed by atoms with Crippen LogP contribution in [0.1, 0.15) is 37.8 Å². The van der Waals surface area contributed by atoms with Crippen molar-refractivity contribution in [3.05, 3.63) is 63.0 Å². The molecule has 9 heteroatoms. The fraction of sp³-hybridized carbons (Fsp3) is 0.320. The highest BCUT2D eigenvalue weighted by Crippen LogP contribution is 2.35. The first-order valence-electron chi connectivity index (χ1n) is 11.0. The smallest absolute Gasteiger partial charge is 0.307 e. The highest BCUT2D eigenvalue weighted by Gasteiger charge is 2.32. The Labute approximate surface area is 217 Å². The molecule has 1 aliphatic rings. The standard InChI is InChI=1S/C25H26BrNO5S2/c1-3-13-31-23(28)11-12-27-24(29)22(34-25(27)33)15-18-7-10-20(21(14-18)30-4-2)32-16-17-5-8-19(26)9-6-17/h5-10,14-15H,3-4,11-13,16H2,1-2H3/b22-15+. The lowest BCUT2D eigenvalue weighted by Crippen LogP contribution is -2.30. The molecule has 2 aromatic carbocycles. The molecule has 0 spiro atoms. The van der Waals surface area contributed by atoms with Crippen LogP contribution in [0.5, 0.6) is 11.5 Å². The number of thiocarbonyl (C=S) groups is 1. The molecule has 0 radical (unpaired) electrons. The van der Waals surface area contributed by atoms with Gasteiger partial charge in [0.25, 0.3) is 5.91 Å². The number of nitrogens with zero attached hydrogens (tertiary/aromatic N) is 1. The first-order valence-corrected chi connectivity index (χ1v) is 13.0. The molecule has 0 saturated carbocycles. The predicted octanol–water partition coefficient (Wildman–Crippen LogP) is 5.97. The lowest BCUT2D eigenvalue weighted by Gasteiger charge is -2.14. The SMILES string of the molecule is CCCOC(=O)CCN1C(=O)/C(=C\c2ccc(OCc3ccc(Br)cc3)c(OCC)c2)SC1=S. The quantitative estimate of drug-likeness (QED) is 0.189. The van der Waals surface area contributed by atoms with Crippen LogP contribution >= 0.6 is 39.9 Å². The molecular formula is C25H26BrNO5S2. The summed E-state index contributed by atoms with van der Waals surface area (Å²) in [6, 6.07) is 13.5. The lowest BCUT2D eigenvalue weighted by molar-refractivity contribution is -0.143. The molecule has 0 N–H and O–H groups in total. The highest BCUT2D eigenvalue weighted by molar-refractivity contribution is 9.10. The van der Waals surface area contributed by atoms with Crippen molar-refractivity contribution < 1.29 is 23.8 Å². The maximum Gasteiger partial charge on any atom is 0.307 e. The van der Waals surface area contributed by atoms with Gasteiger partial charge < -0.3 is 14.2 Å². The third-order valence-electron chi connectivity index (χ3n) is 4.75. The number of hydrogen-bond acceptors (Lipinski definition) is 7. The van der Waals surface area contributed by atoms with E-state index in [1.807, 2.05) is 56.3 Å². The number of rotatable bonds is 11. The molecule has 2 aromatic rings. The molecule has 0 aliphatic carbocycles.